The zero-order valence-electron chi connectivity index (χ0n) is 16.9. The number of hydrogen-bond donors (Lipinski definition) is 1. The van der Waals surface area contributed by atoms with E-state index >= 15 is 0 Å². The van der Waals surface area contributed by atoms with Gasteiger partial charge in [-0.3, -0.25) is 10.1 Å². The number of benzene rings is 3. The number of aromatic nitrogens is 1. The summed E-state index contributed by atoms with van der Waals surface area (Å²) in [4.78, 5) is 41.6. The summed E-state index contributed by atoms with van der Waals surface area (Å²) in [5.41, 5.74) is 0.603. The smallest absolute Gasteiger partial charge is 0.349 e. The van der Waals surface area contributed by atoms with Gasteiger partial charge in [0, 0.05) is 5.39 Å². The van der Waals surface area contributed by atoms with E-state index in [9.17, 15) is 14.4 Å². The molecule has 0 aliphatic carbocycles. The van der Waals surface area contributed by atoms with Gasteiger partial charge in [-0.15, -0.1) is 0 Å². The van der Waals surface area contributed by atoms with Crippen LogP contribution in [0.25, 0.3) is 32.0 Å². The van der Waals surface area contributed by atoms with Crippen molar-refractivity contribution in [2.75, 3.05) is 11.9 Å². The predicted octanol–water partition coefficient (Wildman–Crippen LogP) is 4.98. The summed E-state index contributed by atoms with van der Waals surface area (Å²) in [5.74, 6) is -1.03. The monoisotopic (exact) mass is 444 g/mol. The van der Waals surface area contributed by atoms with E-state index in [1.807, 2.05) is 30.3 Å². The molecule has 1 N–H and O–H groups in total. The van der Waals surface area contributed by atoms with Crippen LogP contribution >= 0.6 is 11.3 Å². The lowest BCUT2D eigenvalue weighted by Gasteiger charge is -2.05. The Morgan fingerprint density at radius 1 is 1.06 bits per heavy atom. The minimum Gasteiger partial charge on any atom is -0.462 e. The first-order valence-corrected chi connectivity index (χ1v) is 10.7. The van der Waals surface area contributed by atoms with Crippen molar-refractivity contribution in [1.82, 2.24) is 4.98 Å². The first-order valence-electron chi connectivity index (χ1n) is 9.88. The molecule has 0 saturated heterocycles. The van der Waals surface area contributed by atoms with Gasteiger partial charge in [0.05, 0.1) is 22.4 Å². The molecule has 7 nitrogen and oxygen atoms in total. The van der Waals surface area contributed by atoms with Gasteiger partial charge in [0.15, 0.2) is 5.13 Å². The van der Waals surface area contributed by atoms with E-state index in [-0.39, 0.29) is 12.2 Å². The molecule has 32 heavy (non-hydrogen) atoms. The predicted molar refractivity (Wildman–Crippen MR) is 124 cm³/mol. The maximum Gasteiger partial charge on any atom is 0.349 e. The molecule has 2 aromatic heterocycles. The van der Waals surface area contributed by atoms with Gasteiger partial charge in [-0.25, -0.2) is 14.6 Å². The fraction of sp³-hybridized carbons (Fsp3) is 0.0833. The van der Waals surface area contributed by atoms with E-state index in [4.69, 9.17) is 9.15 Å². The highest BCUT2D eigenvalue weighted by Crippen LogP contribution is 2.28. The summed E-state index contributed by atoms with van der Waals surface area (Å²) in [6, 6.07) is 17.8. The third kappa shape index (κ3) is 3.50. The molecule has 2 heterocycles. The fourth-order valence-corrected chi connectivity index (χ4v) is 4.41. The summed E-state index contributed by atoms with van der Waals surface area (Å²) in [6.07, 6.45) is 0. The van der Waals surface area contributed by atoms with Gasteiger partial charge in [-0.05, 0) is 48.0 Å². The molecule has 1 amide bonds. The van der Waals surface area contributed by atoms with Crippen molar-refractivity contribution in [3.8, 4) is 0 Å². The van der Waals surface area contributed by atoms with Crippen molar-refractivity contribution in [1.29, 1.82) is 0 Å². The Hall–Kier alpha value is -4.04. The Labute approximate surface area is 185 Å². The number of fused-ring (bicyclic) bond motifs is 4. The van der Waals surface area contributed by atoms with Crippen LogP contribution in [0.2, 0.25) is 0 Å². The third-order valence-corrected chi connectivity index (χ3v) is 5.94. The second kappa shape index (κ2) is 7.90. The minimum atomic E-state index is -0.726. The van der Waals surface area contributed by atoms with Crippen molar-refractivity contribution in [3.63, 3.8) is 0 Å². The van der Waals surface area contributed by atoms with Crippen molar-refractivity contribution >= 4 is 60.3 Å². The molecule has 0 fully saturated rings. The van der Waals surface area contributed by atoms with Crippen molar-refractivity contribution in [2.45, 2.75) is 6.92 Å². The largest absolute Gasteiger partial charge is 0.462 e. The quantitative estimate of drug-likeness (QED) is 0.238. The van der Waals surface area contributed by atoms with Crippen LogP contribution in [0.4, 0.5) is 5.13 Å². The topological polar surface area (TPSA) is 98.5 Å². The highest BCUT2D eigenvalue weighted by molar-refractivity contribution is 7.22. The SMILES string of the molecule is CCOC(=O)c1ccc2nc(NC(=O)c3cc4c(ccc5ccccc54)oc3=O)sc2c1. The van der Waals surface area contributed by atoms with E-state index in [0.717, 1.165) is 10.8 Å². The molecule has 5 rings (SSSR count). The van der Waals surface area contributed by atoms with Crippen LogP contribution in [0.5, 0.6) is 0 Å². The highest BCUT2D eigenvalue weighted by Gasteiger charge is 2.17. The zero-order valence-corrected chi connectivity index (χ0v) is 17.7. The summed E-state index contributed by atoms with van der Waals surface area (Å²) in [7, 11) is 0. The average Bonchev–Trinajstić information content (AvgIpc) is 3.20. The summed E-state index contributed by atoms with van der Waals surface area (Å²) >= 11 is 1.20. The number of rotatable bonds is 4. The van der Waals surface area contributed by atoms with Crippen LogP contribution in [-0.4, -0.2) is 23.5 Å². The maximum absolute atomic E-state index is 12.9. The van der Waals surface area contributed by atoms with Crippen LogP contribution in [-0.2, 0) is 4.74 Å². The summed E-state index contributed by atoms with van der Waals surface area (Å²) < 4.78 is 11.1. The molecule has 0 spiro atoms. The van der Waals surface area contributed by atoms with Crippen LogP contribution in [0, 0.1) is 0 Å². The number of nitrogens with one attached hydrogen (secondary N) is 1. The number of hydrogen-bond acceptors (Lipinski definition) is 7. The van der Waals surface area contributed by atoms with Gasteiger partial charge < -0.3 is 9.15 Å². The Morgan fingerprint density at radius 3 is 2.75 bits per heavy atom. The number of carbonyl (C=O) groups is 2. The van der Waals surface area contributed by atoms with Crippen LogP contribution in [0.1, 0.15) is 27.6 Å². The number of amides is 1. The van der Waals surface area contributed by atoms with Crippen molar-refractivity contribution in [2.24, 2.45) is 0 Å². The molecule has 8 heteroatoms. The fourth-order valence-electron chi connectivity index (χ4n) is 3.51. The molecule has 0 atom stereocenters. The zero-order chi connectivity index (χ0) is 22.2. The molecule has 158 valence electrons. The molecular weight excluding hydrogens is 428 g/mol. The summed E-state index contributed by atoms with van der Waals surface area (Å²) in [6.45, 7) is 2.02. The second-order valence-electron chi connectivity index (χ2n) is 7.02. The number of ether oxygens (including phenoxy) is 1. The molecule has 0 aliphatic rings. The van der Waals surface area contributed by atoms with Gasteiger partial charge in [-0.2, -0.15) is 0 Å². The van der Waals surface area contributed by atoms with Gasteiger partial charge in [0.1, 0.15) is 11.1 Å². The number of anilines is 1. The van der Waals surface area contributed by atoms with E-state index < -0.39 is 17.5 Å². The molecular formula is C24H16N2O5S. The highest BCUT2D eigenvalue weighted by atomic mass is 32.1. The molecule has 0 radical (unpaired) electrons. The Kier molecular flexibility index (Phi) is 4.91. The lowest BCUT2D eigenvalue weighted by Crippen LogP contribution is -2.20. The molecule has 0 bridgehead atoms. The lowest BCUT2D eigenvalue weighted by atomic mass is 10.0. The number of esters is 1. The molecule has 0 unspecified atom stereocenters. The minimum absolute atomic E-state index is 0.111. The Balaban J connectivity index is 1.49. The van der Waals surface area contributed by atoms with Gasteiger partial charge in [0.2, 0.25) is 0 Å². The molecule has 3 aromatic carbocycles. The van der Waals surface area contributed by atoms with Gasteiger partial charge in [0.25, 0.3) is 5.91 Å². The summed E-state index contributed by atoms with van der Waals surface area (Å²) in [5, 5.41) is 5.51. The first kappa shape index (κ1) is 19.9. The van der Waals surface area contributed by atoms with E-state index in [1.165, 1.54) is 11.3 Å². The molecule has 0 aliphatic heterocycles. The van der Waals surface area contributed by atoms with Crippen molar-refractivity contribution < 1.29 is 18.7 Å². The normalized spacial score (nSPS) is 11.2. The first-order chi connectivity index (χ1) is 15.5. The molecule has 0 saturated carbocycles. The van der Waals surface area contributed by atoms with E-state index in [2.05, 4.69) is 10.3 Å². The number of thiazole rings is 1. The lowest BCUT2D eigenvalue weighted by molar-refractivity contribution is 0.0526. The second-order valence-corrected chi connectivity index (χ2v) is 8.05. The van der Waals surface area contributed by atoms with Crippen LogP contribution in [0.15, 0.2) is 69.9 Å². The number of nitrogens with zero attached hydrogens (tertiary/aromatic N) is 1. The average molecular weight is 444 g/mol. The van der Waals surface area contributed by atoms with E-state index in [0.29, 0.717) is 31.9 Å². The Morgan fingerprint density at radius 2 is 1.91 bits per heavy atom. The maximum atomic E-state index is 12.9. The van der Waals surface area contributed by atoms with Crippen molar-refractivity contribution in [3.05, 3.63) is 82.2 Å². The van der Waals surface area contributed by atoms with E-state index in [1.54, 1.807) is 37.3 Å². The molecule has 5 aromatic rings. The Bertz CT molecular complexity index is 1580. The van der Waals surface area contributed by atoms with Gasteiger partial charge >= 0.3 is 11.6 Å². The van der Waals surface area contributed by atoms with Crippen LogP contribution in [0.3, 0.4) is 0 Å². The number of carbonyl (C=O) groups excluding carboxylic acids is 2. The van der Waals surface area contributed by atoms with Crippen LogP contribution < -0.4 is 10.9 Å². The standard InChI is InChI=1S/C24H16N2O5S/c1-2-30-22(28)14-7-9-18-20(11-14)32-24(25-18)26-21(27)17-12-16-15-6-4-3-5-13(15)8-10-19(16)31-23(17)29/h3-12H,2H2,1H3,(H,25,26,27). The third-order valence-electron chi connectivity index (χ3n) is 5.01. The van der Waals surface area contributed by atoms with Gasteiger partial charge in [-0.1, -0.05) is 41.7 Å².